The van der Waals surface area contributed by atoms with E-state index in [0.29, 0.717) is 23.6 Å². The topological polar surface area (TPSA) is 52.3 Å². The van der Waals surface area contributed by atoms with Crippen LogP contribution in [0.3, 0.4) is 0 Å². The first-order valence-electron chi connectivity index (χ1n) is 7.37. The number of para-hydroxylation sites is 2. The monoisotopic (exact) mass is 295 g/mol. The van der Waals surface area contributed by atoms with Crippen LogP contribution in [0.4, 0.5) is 0 Å². The zero-order valence-corrected chi connectivity index (χ0v) is 12.4. The number of carbonyl (C=O) groups is 1. The molecule has 2 aromatic carbocycles. The Hall–Kier alpha value is -2.62. The molecule has 3 aromatic rings. The summed E-state index contributed by atoms with van der Waals surface area (Å²) in [6, 6.07) is 14.7. The number of hydrogen-bond donors (Lipinski definition) is 0. The van der Waals surface area contributed by atoms with E-state index in [1.807, 2.05) is 36.4 Å². The molecular formula is C18H17NO3. The van der Waals surface area contributed by atoms with Gasteiger partial charge in [0.2, 0.25) is 5.89 Å². The van der Waals surface area contributed by atoms with Crippen LogP contribution in [0, 0.1) is 0 Å². The van der Waals surface area contributed by atoms with Crippen molar-refractivity contribution >= 4 is 16.9 Å². The predicted molar refractivity (Wildman–Crippen MR) is 84.3 cm³/mol. The van der Waals surface area contributed by atoms with Gasteiger partial charge in [-0.05, 0) is 42.8 Å². The average Bonchev–Trinajstić information content (AvgIpc) is 2.95. The Morgan fingerprint density at radius 2 is 1.91 bits per heavy atom. The lowest BCUT2D eigenvalue weighted by Gasteiger charge is -2.05. The number of hydrogen-bond acceptors (Lipinski definition) is 4. The Morgan fingerprint density at radius 1 is 1.14 bits per heavy atom. The minimum atomic E-state index is -0.0198. The lowest BCUT2D eigenvalue weighted by atomic mass is 10.1. The number of aromatic nitrogens is 1. The van der Waals surface area contributed by atoms with E-state index in [9.17, 15) is 4.79 Å². The maximum Gasteiger partial charge on any atom is 0.203 e. The lowest BCUT2D eigenvalue weighted by Crippen LogP contribution is -2.04. The van der Waals surface area contributed by atoms with Crippen molar-refractivity contribution < 1.29 is 13.9 Å². The summed E-state index contributed by atoms with van der Waals surface area (Å²) in [4.78, 5) is 16.6. The number of carbonyl (C=O) groups excluding carboxylic acids is 1. The molecule has 3 rings (SSSR count). The van der Waals surface area contributed by atoms with Crippen LogP contribution < -0.4 is 4.74 Å². The predicted octanol–water partition coefficient (Wildman–Crippen LogP) is 4.04. The third-order valence-corrected chi connectivity index (χ3v) is 3.30. The van der Waals surface area contributed by atoms with Gasteiger partial charge in [-0.15, -0.1) is 0 Å². The minimum Gasteiger partial charge on any atom is -0.494 e. The normalized spacial score (nSPS) is 10.8. The molecule has 0 aliphatic heterocycles. The number of ketones is 1. The van der Waals surface area contributed by atoms with E-state index in [2.05, 4.69) is 11.9 Å². The van der Waals surface area contributed by atoms with E-state index in [-0.39, 0.29) is 12.2 Å². The molecule has 0 spiro atoms. The van der Waals surface area contributed by atoms with Crippen LogP contribution in [0.25, 0.3) is 11.1 Å². The molecule has 0 radical (unpaired) electrons. The van der Waals surface area contributed by atoms with Gasteiger partial charge in [0.15, 0.2) is 11.4 Å². The van der Waals surface area contributed by atoms with Crippen molar-refractivity contribution in [3.63, 3.8) is 0 Å². The highest BCUT2D eigenvalue weighted by atomic mass is 16.5. The maximum absolute atomic E-state index is 12.3. The molecule has 0 atom stereocenters. The fourth-order valence-corrected chi connectivity index (χ4v) is 2.19. The zero-order valence-electron chi connectivity index (χ0n) is 12.4. The highest BCUT2D eigenvalue weighted by molar-refractivity contribution is 5.97. The van der Waals surface area contributed by atoms with Crippen LogP contribution in [-0.2, 0) is 6.42 Å². The maximum atomic E-state index is 12.3. The van der Waals surface area contributed by atoms with Crippen molar-refractivity contribution in [3.8, 4) is 5.75 Å². The number of Topliss-reactive ketones (excluding diaryl/α,β-unsaturated/α-hetero) is 1. The van der Waals surface area contributed by atoms with Crippen LogP contribution in [0.2, 0.25) is 0 Å². The van der Waals surface area contributed by atoms with E-state index in [4.69, 9.17) is 9.15 Å². The van der Waals surface area contributed by atoms with Gasteiger partial charge in [0.05, 0.1) is 13.0 Å². The molecule has 4 nitrogen and oxygen atoms in total. The molecule has 0 saturated carbocycles. The zero-order chi connectivity index (χ0) is 15.4. The number of fused-ring (bicyclic) bond motifs is 1. The van der Waals surface area contributed by atoms with Gasteiger partial charge in [-0.1, -0.05) is 19.1 Å². The molecule has 0 fully saturated rings. The summed E-state index contributed by atoms with van der Waals surface area (Å²) in [7, 11) is 0. The lowest BCUT2D eigenvalue weighted by molar-refractivity contribution is 0.0986. The van der Waals surface area contributed by atoms with Crippen LogP contribution in [0.15, 0.2) is 52.9 Å². The Labute approximate surface area is 128 Å². The van der Waals surface area contributed by atoms with Gasteiger partial charge in [-0.3, -0.25) is 4.79 Å². The number of benzene rings is 2. The van der Waals surface area contributed by atoms with Gasteiger partial charge in [0.1, 0.15) is 11.3 Å². The van der Waals surface area contributed by atoms with Gasteiger partial charge < -0.3 is 9.15 Å². The molecule has 0 unspecified atom stereocenters. The summed E-state index contributed by atoms with van der Waals surface area (Å²) in [5.74, 6) is 1.20. The van der Waals surface area contributed by atoms with Gasteiger partial charge in [0, 0.05) is 5.56 Å². The van der Waals surface area contributed by atoms with Crippen LogP contribution >= 0.6 is 0 Å². The third kappa shape index (κ3) is 3.17. The van der Waals surface area contributed by atoms with Crippen molar-refractivity contribution in [1.82, 2.24) is 4.98 Å². The van der Waals surface area contributed by atoms with Gasteiger partial charge in [-0.2, -0.15) is 0 Å². The summed E-state index contributed by atoms with van der Waals surface area (Å²) in [5.41, 5.74) is 2.10. The molecule has 1 aromatic heterocycles. The highest BCUT2D eigenvalue weighted by Crippen LogP contribution is 2.18. The second-order valence-corrected chi connectivity index (χ2v) is 5.05. The first kappa shape index (κ1) is 14.3. The first-order valence-corrected chi connectivity index (χ1v) is 7.37. The molecule has 0 saturated heterocycles. The highest BCUT2D eigenvalue weighted by Gasteiger charge is 2.12. The van der Waals surface area contributed by atoms with Gasteiger partial charge >= 0.3 is 0 Å². The fourth-order valence-electron chi connectivity index (χ4n) is 2.19. The van der Waals surface area contributed by atoms with Gasteiger partial charge in [0.25, 0.3) is 0 Å². The van der Waals surface area contributed by atoms with Crippen molar-refractivity contribution in [2.75, 3.05) is 6.61 Å². The average molecular weight is 295 g/mol. The summed E-state index contributed by atoms with van der Waals surface area (Å²) < 4.78 is 11.1. The van der Waals surface area contributed by atoms with Crippen molar-refractivity contribution in [2.24, 2.45) is 0 Å². The van der Waals surface area contributed by atoms with Crippen LogP contribution in [0.1, 0.15) is 29.6 Å². The van der Waals surface area contributed by atoms with Crippen molar-refractivity contribution in [2.45, 2.75) is 19.8 Å². The second-order valence-electron chi connectivity index (χ2n) is 5.05. The molecule has 0 aliphatic carbocycles. The number of oxazole rings is 1. The second kappa shape index (κ2) is 6.43. The molecule has 4 heteroatoms. The van der Waals surface area contributed by atoms with E-state index in [1.54, 1.807) is 12.1 Å². The Kier molecular flexibility index (Phi) is 4.19. The number of ether oxygens (including phenoxy) is 1. The minimum absolute atomic E-state index is 0.0198. The summed E-state index contributed by atoms with van der Waals surface area (Å²) in [6.07, 6.45) is 1.11. The molecule has 112 valence electrons. The molecule has 0 N–H and O–H groups in total. The van der Waals surface area contributed by atoms with Crippen LogP contribution in [-0.4, -0.2) is 17.4 Å². The molecule has 0 bridgehead atoms. The van der Waals surface area contributed by atoms with Crippen molar-refractivity contribution in [1.29, 1.82) is 0 Å². The SMILES string of the molecule is CCCOc1ccc(C(=O)Cc2nc3ccccc3o2)cc1. The molecule has 22 heavy (non-hydrogen) atoms. The van der Waals surface area contributed by atoms with E-state index < -0.39 is 0 Å². The van der Waals surface area contributed by atoms with Crippen molar-refractivity contribution in [3.05, 3.63) is 60.0 Å². The summed E-state index contributed by atoms with van der Waals surface area (Å²) in [5, 5.41) is 0. The molecule has 0 amide bonds. The first-order chi connectivity index (χ1) is 10.8. The largest absolute Gasteiger partial charge is 0.494 e. The molecular weight excluding hydrogens is 278 g/mol. The van der Waals surface area contributed by atoms with E-state index in [1.165, 1.54) is 0 Å². The summed E-state index contributed by atoms with van der Waals surface area (Å²) >= 11 is 0. The molecule has 1 heterocycles. The molecule has 0 aliphatic rings. The Bertz CT molecular complexity index is 741. The summed E-state index contributed by atoms with van der Waals surface area (Å²) in [6.45, 7) is 2.73. The standard InChI is InChI=1S/C18H17NO3/c1-2-11-21-14-9-7-13(8-10-14)16(20)12-18-19-15-5-3-4-6-17(15)22-18/h3-10H,2,11-12H2,1H3. The Balaban J connectivity index is 1.70. The van der Waals surface area contributed by atoms with Gasteiger partial charge in [-0.25, -0.2) is 4.98 Å². The smallest absolute Gasteiger partial charge is 0.203 e. The van der Waals surface area contributed by atoms with E-state index in [0.717, 1.165) is 17.7 Å². The van der Waals surface area contributed by atoms with E-state index >= 15 is 0 Å². The fraction of sp³-hybridized carbons (Fsp3) is 0.222. The van der Waals surface area contributed by atoms with Crippen LogP contribution in [0.5, 0.6) is 5.75 Å². The quantitative estimate of drug-likeness (QED) is 0.644. The number of nitrogens with zero attached hydrogens (tertiary/aromatic N) is 1. The Morgan fingerprint density at radius 3 is 2.64 bits per heavy atom. The third-order valence-electron chi connectivity index (χ3n) is 3.30. The number of rotatable bonds is 6.